The molecule has 0 aliphatic heterocycles. The first-order valence-corrected chi connectivity index (χ1v) is 4.84. The van der Waals surface area contributed by atoms with Gasteiger partial charge in [0.2, 0.25) is 0 Å². The van der Waals surface area contributed by atoms with Gasteiger partial charge in [0.05, 0.1) is 0 Å². The van der Waals surface area contributed by atoms with E-state index in [0.29, 0.717) is 6.42 Å². The van der Waals surface area contributed by atoms with Crippen LogP contribution in [0.3, 0.4) is 0 Å². The maximum atomic E-state index is 9.99. The summed E-state index contributed by atoms with van der Waals surface area (Å²) in [6.45, 7) is -0.0354. The number of aliphatic hydroxyl groups is 1. The van der Waals surface area contributed by atoms with Crippen LogP contribution in [0.4, 0.5) is 0 Å². The van der Waals surface area contributed by atoms with Crippen molar-refractivity contribution in [2.75, 3.05) is 6.61 Å². The number of rotatable bonds is 7. The van der Waals surface area contributed by atoms with Crippen molar-refractivity contribution in [1.82, 2.24) is 0 Å². The van der Waals surface area contributed by atoms with Gasteiger partial charge in [0.15, 0.2) is 0 Å². The Hall–Kier alpha value is -1.67. The number of hydrogen-bond donors (Lipinski definition) is 5. The molecule has 8 heteroatoms. The van der Waals surface area contributed by atoms with E-state index >= 15 is 0 Å². The molecule has 0 rings (SSSR count). The zero-order valence-electron chi connectivity index (χ0n) is 9.20. The van der Waals surface area contributed by atoms with Gasteiger partial charge in [-0.3, -0.25) is 14.4 Å². The first kappa shape index (κ1) is 17.7. The number of carbonyl (C=O) groups is 3. The van der Waals surface area contributed by atoms with Crippen molar-refractivity contribution in [2.24, 2.45) is 5.73 Å². The highest BCUT2D eigenvalue weighted by Crippen LogP contribution is 1.93. The number of aliphatic carboxylic acids is 3. The van der Waals surface area contributed by atoms with Crippen molar-refractivity contribution in [3.05, 3.63) is 0 Å². The number of hydrogen-bond acceptors (Lipinski definition) is 5. The van der Waals surface area contributed by atoms with Crippen LogP contribution in [-0.4, -0.2) is 51.0 Å². The SMILES string of the molecule is NC(CCC(=O)O)C(=O)O.O=C(O)CCCO. The third-order valence-electron chi connectivity index (χ3n) is 1.54. The van der Waals surface area contributed by atoms with Crippen LogP contribution in [0.5, 0.6) is 0 Å². The van der Waals surface area contributed by atoms with Gasteiger partial charge >= 0.3 is 17.9 Å². The van der Waals surface area contributed by atoms with Gasteiger partial charge in [0.25, 0.3) is 0 Å². The van der Waals surface area contributed by atoms with E-state index in [-0.39, 0.29) is 25.9 Å². The molecule has 0 aromatic carbocycles. The van der Waals surface area contributed by atoms with Crippen molar-refractivity contribution in [1.29, 1.82) is 0 Å². The average Bonchev–Trinajstić information content (AvgIpc) is 2.23. The van der Waals surface area contributed by atoms with E-state index in [1.54, 1.807) is 0 Å². The second kappa shape index (κ2) is 10.8. The molecule has 0 heterocycles. The Morgan fingerprint density at radius 1 is 1.00 bits per heavy atom. The molecule has 6 N–H and O–H groups in total. The number of carboxylic acids is 3. The molecule has 0 aliphatic rings. The van der Waals surface area contributed by atoms with Gasteiger partial charge in [-0.2, -0.15) is 0 Å². The van der Waals surface area contributed by atoms with Gasteiger partial charge in [-0.1, -0.05) is 0 Å². The van der Waals surface area contributed by atoms with Crippen LogP contribution in [0, 0.1) is 0 Å². The fourth-order valence-corrected chi connectivity index (χ4v) is 0.633. The molecule has 0 aromatic heterocycles. The molecule has 0 aliphatic carbocycles. The lowest BCUT2D eigenvalue weighted by Crippen LogP contribution is -2.30. The Morgan fingerprint density at radius 2 is 1.47 bits per heavy atom. The Kier molecular flexibility index (Phi) is 11.3. The molecule has 0 fully saturated rings. The maximum absolute atomic E-state index is 9.99. The molecule has 0 amide bonds. The van der Waals surface area contributed by atoms with Crippen LogP contribution in [0.25, 0.3) is 0 Å². The van der Waals surface area contributed by atoms with E-state index < -0.39 is 23.9 Å². The highest BCUT2D eigenvalue weighted by molar-refractivity contribution is 5.74. The van der Waals surface area contributed by atoms with Crippen LogP contribution in [0.1, 0.15) is 25.7 Å². The Labute approximate surface area is 97.7 Å². The molecular formula is C9H17NO7. The van der Waals surface area contributed by atoms with Crippen LogP contribution >= 0.6 is 0 Å². The lowest BCUT2D eigenvalue weighted by atomic mass is 10.2. The second-order valence-electron chi connectivity index (χ2n) is 3.10. The van der Waals surface area contributed by atoms with Crippen molar-refractivity contribution in [2.45, 2.75) is 31.7 Å². The predicted molar refractivity (Wildman–Crippen MR) is 56.4 cm³/mol. The summed E-state index contributed by atoms with van der Waals surface area (Å²) in [6.07, 6.45) is 0.198. The van der Waals surface area contributed by atoms with Crippen LogP contribution < -0.4 is 5.73 Å². The molecule has 1 unspecified atom stereocenters. The van der Waals surface area contributed by atoms with Crippen LogP contribution in [0.2, 0.25) is 0 Å². The lowest BCUT2D eigenvalue weighted by molar-refractivity contribution is -0.140. The van der Waals surface area contributed by atoms with Crippen LogP contribution in [-0.2, 0) is 14.4 Å². The Bertz CT molecular complexity index is 254. The average molecular weight is 251 g/mol. The summed E-state index contributed by atoms with van der Waals surface area (Å²) in [5, 5.41) is 32.3. The summed E-state index contributed by atoms with van der Waals surface area (Å²) >= 11 is 0. The quantitative estimate of drug-likeness (QED) is 0.389. The molecule has 0 spiro atoms. The number of aliphatic hydroxyl groups excluding tert-OH is 1. The first-order chi connectivity index (χ1) is 7.81. The van der Waals surface area contributed by atoms with Gasteiger partial charge < -0.3 is 26.2 Å². The Morgan fingerprint density at radius 3 is 1.71 bits per heavy atom. The topological polar surface area (TPSA) is 158 Å². The van der Waals surface area contributed by atoms with E-state index in [0.717, 1.165) is 0 Å². The zero-order chi connectivity index (χ0) is 13.8. The van der Waals surface area contributed by atoms with Crippen LogP contribution in [0.15, 0.2) is 0 Å². The molecule has 0 saturated carbocycles. The standard InChI is InChI=1S/C5H9NO4.C4H8O3/c6-3(5(9)10)1-2-4(7)8;5-3-1-2-4(6)7/h3H,1-2,6H2,(H,7,8)(H,9,10);5H,1-3H2,(H,6,7). The largest absolute Gasteiger partial charge is 0.481 e. The van der Waals surface area contributed by atoms with E-state index in [2.05, 4.69) is 0 Å². The zero-order valence-corrected chi connectivity index (χ0v) is 9.20. The second-order valence-corrected chi connectivity index (χ2v) is 3.10. The monoisotopic (exact) mass is 251 g/mol. The molecule has 0 radical (unpaired) electrons. The predicted octanol–water partition coefficient (Wildman–Crippen LogP) is -0.893. The van der Waals surface area contributed by atoms with Crippen molar-refractivity contribution in [3.63, 3.8) is 0 Å². The summed E-state index contributed by atoms with van der Waals surface area (Å²) in [5.41, 5.74) is 5.00. The molecular weight excluding hydrogens is 234 g/mol. The molecule has 0 bridgehead atoms. The Balaban J connectivity index is 0. The summed E-state index contributed by atoms with van der Waals surface area (Å²) < 4.78 is 0. The fraction of sp³-hybridized carbons (Fsp3) is 0.667. The third kappa shape index (κ3) is 17.0. The number of nitrogens with two attached hydrogens (primary N) is 1. The molecule has 17 heavy (non-hydrogen) atoms. The van der Waals surface area contributed by atoms with E-state index in [1.165, 1.54) is 0 Å². The van der Waals surface area contributed by atoms with Gasteiger partial charge in [0, 0.05) is 19.4 Å². The molecule has 0 saturated heterocycles. The van der Waals surface area contributed by atoms with Gasteiger partial charge in [0.1, 0.15) is 6.04 Å². The minimum absolute atomic E-state index is 0.0231. The van der Waals surface area contributed by atoms with E-state index in [1.807, 2.05) is 0 Å². The minimum Gasteiger partial charge on any atom is -0.481 e. The van der Waals surface area contributed by atoms with Crippen molar-refractivity contribution in [3.8, 4) is 0 Å². The summed E-state index contributed by atoms with van der Waals surface area (Å²) in [6, 6.07) is -1.06. The summed E-state index contributed by atoms with van der Waals surface area (Å²) in [7, 11) is 0. The lowest BCUT2D eigenvalue weighted by Gasteiger charge is -2.01. The van der Waals surface area contributed by atoms with Crippen molar-refractivity contribution >= 4 is 17.9 Å². The fourth-order valence-electron chi connectivity index (χ4n) is 0.633. The first-order valence-electron chi connectivity index (χ1n) is 4.84. The van der Waals surface area contributed by atoms with E-state index in [4.69, 9.17) is 26.2 Å². The maximum Gasteiger partial charge on any atom is 0.320 e. The normalized spacial score (nSPS) is 10.9. The highest BCUT2D eigenvalue weighted by atomic mass is 16.4. The molecule has 1 atom stereocenters. The van der Waals surface area contributed by atoms with Crippen molar-refractivity contribution < 1.29 is 34.8 Å². The third-order valence-corrected chi connectivity index (χ3v) is 1.54. The minimum atomic E-state index is -1.17. The number of carboxylic acid groups (broad SMARTS) is 3. The molecule has 100 valence electrons. The van der Waals surface area contributed by atoms with Gasteiger partial charge in [-0.15, -0.1) is 0 Å². The molecule has 0 aromatic rings. The van der Waals surface area contributed by atoms with E-state index in [9.17, 15) is 14.4 Å². The molecule has 8 nitrogen and oxygen atoms in total. The summed E-state index contributed by atoms with van der Waals surface area (Å²) in [4.78, 5) is 29.5. The van der Waals surface area contributed by atoms with Gasteiger partial charge in [-0.05, 0) is 12.8 Å². The smallest absolute Gasteiger partial charge is 0.320 e. The summed E-state index contributed by atoms with van der Waals surface area (Å²) in [5.74, 6) is -3.05. The highest BCUT2D eigenvalue weighted by Gasteiger charge is 2.12. The van der Waals surface area contributed by atoms with Gasteiger partial charge in [-0.25, -0.2) is 0 Å².